The summed E-state index contributed by atoms with van der Waals surface area (Å²) in [7, 11) is 0. The van der Waals surface area contributed by atoms with Gasteiger partial charge in [0.25, 0.3) is 11.8 Å². The minimum absolute atomic E-state index is 0.258. The number of rotatable bonds is 3. The Kier molecular flexibility index (Phi) is 4.42. The van der Waals surface area contributed by atoms with E-state index in [1.54, 1.807) is 42.5 Å². The van der Waals surface area contributed by atoms with E-state index in [9.17, 15) is 9.59 Å². The largest absolute Gasteiger partial charge is 0.366 e. The number of nitrogens with two attached hydrogens (primary N) is 1. The summed E-state index contributed by atoms with van der Waals surface area (Å²) in [6.07, 6.45) is 0. The van der Waals surface area contributed by atoms with Gasteiger partial charge in [0.2, 0.25) is 0 Å². The number of nitrogens with one attached hydrogen (secondary N) is 1. The highest BCUT2D eigenvalue weighted by Crippen LogP contribution is 2.24. The monoisotopic (exact) mass is 352 g/mol. The molecule has 0 atom stereocenters. The zero-order valence-electron chi connectivity index (χ0n) is 10.2. The summed E-state index contributed by atoms with van der Waals surface area (Å²) in [5, 5.41) is 3.16. The average Bonchev–Trinajstić information content (AvgIpc) is 2.42. The highest BCUT2D eigenvalue weighted by atomic mass is 79.9. The lowest BCUT2D eigenvalue weighted by Crippen LogP contribution is -2.18. The first-order valence-electron chi connectivity index (χ1n) is 5.64. The van der Waals surface area contributed by atoms with E-state index in [0.29, 0.717) is 20.7 Å². The van der Waals surface area contributed by atoms with E-state index in [0.717, 1.165) is 0 Å². The number of anilines is 1. The van der Waals surface area contributed by atoms with E-state index in [-0.39, 0.29) is 11.5 Å². The summed E-state index contributed by atoms with van der Waals surface area (Å²) in [6, 6.07) is 11.4. The van der Waals surface area contributed by atoms with Crippen LogP contribution in [0.5, 0.6) is 0 Å². The standard InChI is InChI=1S/C14H10BrClN2O2/c15-10-7-8(5-6-11(10)16)14(20)18-12-4-2-1-3-9(12)13(17)19/h1-7H,(H2,17,19)(H,18,20). The fraction of sp³-hybridized carbons (Fsp3) is 0. The lowest BCUT2D eigenvalue weighted by Gasteiger charge is -2.09. The Morgan fingerprint density at radius 2 is 1.85 bits per heavy atom. The van der Waals surface area contributed by atoms with Crippen LogP contribution in [0.25, 0.3) is 0 Å². The molecular formula is C14H10BrClN2O2. The summed E-state index contributed by atoms with van der Waals surface area (Å²) < 4.78 is 0.620. The van der Waals surface area contributed by atoms with Crippen LogP contribution in [0.3, 0.4) is 0 Å². The number of para-hydroxylation sites is 1. The summed E-state index contributed by atoms with van der Waals surface area (Å²) in [6.45, 7) is 0. The number of amides is 2. The van der Waals surface area contributed by atoms with E-state index in [1.165, 1.54) is 0 Å². The maximum absolute atomic E-state index is 12.1. The molecule has 0 saturated heterocycles. The van der Waals surface area contributed by atoms with Crippen molar-refractivity contribution in [2.45, 2.75) is 0 Å². The highest BCUT2D eigenvalue weighted by molar-refractivity contribution is 9.10. The molecule has 0 aliphatic rings. The van der Waals surface area contributed by atoms with Crippen molar-refractivity contribution in [1.82, 2.24) is 0 Å². The zero-order valence-corrected chi connectivity index (χ0v) is 12.5. The lowest BCUT2D eigenvalue weighted by molar-refractivity contribution is 0.100. The van der Waals surface area contributed by atoms with Crippen molar-refractivity contribution < 1.29 is 9.59 Å². The fourth-order valence-electron chi connectivity index (χ4n) is 1.64. The Balaban J connectivity index is 2.28. The molecule has 0 spiro atoms. The van der Waals surface area contributed by atoms with Crippen LogP contribution in [0, 0.1) is 0 Å². The van der Waals surface area contributed by atoms with Gasteiger partial charge in [-0.2, -0.15) is 0 Å². The highest BCUT2D eigenvalue weighted by Gasteiger charge is 2.12. The summed E-state index contributed by atoms with van der Waals surface area (Å²) in [5.41, 5.74) is 6.30. The maximum Gasteiger partial charge on any atom is 0.255 e. The van der Waals surface area contributed by atoms with Crippen molar-refractivity contribution >= 4 is 45.0 Å². The fourth-order valence-corrected chi connectivity index (χ4v) is 2.14. The molecule has 0 radical (unpaired) electrons. The third-order valence-electron chi connectivity index (χ3n) is 2.62. The van der Waals surface area contributed by atoms with Crippen molar-refractivity contribution in [1.29, 1.82) is 0 Å². The van der Waals surface area contributed by atoms with Crippen molar-refractivity contribution in [2.24, 2.45) is 5.73 Å². The zero-order chi connectivity index (χ0) is 14.7. The first-order chi connectivity index (χ1) is 9.49. The molecule has 0 aliphatic heterocycles. The van der Waals surface area contributed by atoms with Gasteiger partial charge < -0.3 is 11.1 Å². The van der Waals surface area contributed by atoms with E-state index < -0.39 is 5.91 Å². The van der Waals surface area contributed by atoms with Gasteiger partial charge >= 0.3 is 0 Å². The number of hydrogen-bond acceptors (Lipinski definition) is 2. The Morgan fingerprint density at radius 3 is 2.50 bits per heavy atom. The summed E-state index contributed by atoms with van der Waals surface area (Å²) in [4.78, 5) is 23.4. The quantitative estimate of drug-likeness (QED) is 0.887. The summed E-state index contributed by atoms with van der Waals surface area (Å²) in [5.74, 6) is -0.950. The molecule has 2 amide bonds. The molecule has 2 aromatic rings. The van der Waals surface area contributed by atoms with Crippen molar-refractivity contribution in [3.63, 3.8) is 0 Å². The van der Waals surface area contributed by atoms with Crippen LogP contribution in [0.1, 0.15) is 20.7 Å². The molecule has 102 valence electrons. The predicted molar refractivity (Wildman–Crippen MR) is 82.1 cm³/mol. The molecule has 0 saturated carbocycles. The van der Waals surface area contributed by atoms with Gasteiger partial charge in [0.05, 0.1) is 16.3 Å². The SMILES string of the molecule is NC(=O)c1ccccc1NC(=O)c1ccc(Cl)c(Br)c1. The first-order valence-corrected chi connectivity index (χ1v) is 6.81. The van der Waals surface area contributed by atoms with E-state index in [2.05, 4.69) is 21.2 Å². The van der Waals surface area contributed by atoms with Crippen LogP contribution in [0.4, 0.5) is 5.69 Å². The molecule has 2 rings (SSSR count). The minimum Gasteiger partial charge on any atom is -0.366 e. The Bertz CT molecular complexity index is 689. The topological polar surface area (TPSA) is 72.2 Å². The van der Waals surface area contributed by atoms with Crippen LogP contribution >= 0.6 is 27.5 Å². The van der Waals surface area contributed by atoms with Gasteiger partial charge in [-0.25, -0.2) is 0 Å². The van der Waals surface area contributed by atoms with Gasteiger partial charge in [0, 0.05) is 10.0 Å². The molecule has 3 N–H and O–H groups in total. The third-order valence-corrected chi connectivity index (χ3v) is 3.84. The van der Waals surface area contributed by atoms with Gasteiger partial charge in [0.1, 0.15) is 0 Å². The number of carbonyl (C=O) groups excluding carboxylic acids is 2. The lowest BCUT2D eigenvalue weighted by atomic mass is 10.1. The second kappa shape index (κ2) is 6.07. The molecule has 0 unspecified atom stereocenters. The Labute approximate surface area is 129 Å². The summed E-state index contributed by atoms with van der Waals surface area (Å²) >= 11 is 9.12. The molecule has 20 heavy (non-hydrogen) atoms. The van der Waals surface area contributed by atoms with Gasteiger partial charge in [-0.1, -0.05) is 23.7 Å². The van der Waals surface area contributed by atoms with Gasteiger partial charge in [-0.05, 0) is 46.3 Å². The molecule has 4 nitrogen and oxygen atoms in total. The first kappa shape index (κ1) is 14.6. The molecule has 2 aromatic carbocycles. The minimum atomic E-state index is -0.599. The van der Waals surface area contributed by atoms with Gasteiger partial charge in [-0.3, -0.25) is 9.59 Å². The molecule has 0 bridgehead atoms. The predicted octanol–water partition coefficient (Wildman–Crippen LogP) is 3.45. The number of carbonyl (C=O) groups is 2. The molecular weight excluding hydrogens is 344 g/mol. The molecule has 0 fully saturated rings. The molecule has 6 heteroatoms. The Hall–Kier alpha value is -1.85. The normalized spacial score (nSPS) is 10.1. The van der Waals surface area contributed by atoms with Crippen LogP contribution in [-0.4, -0.2) is 11.8 Å². The number of primary amides is 1. The number of halogens is 2. The second-order valence-corrected chi connectivity index (χ2v) is 5.25. The van der Waals surface area contributed by atoms with Crippen LogP contribution in [0.15, 0.2) is 46.9 Å². The van der Waals surface area contributed by atoms with Crippen molar-refractivity contribution in [2.75, 3.05) is 5.32 Å². The van der Waals surface area contributed by atoms with Crippen molar-refractivity contribution in [3.8, 4) is 0 Å². The molecule has 0 aromatic heterocycles. The Morgan fingerprint density at radius 1 is 1.15 bits per heavy atom. The van der Waals surface area contributed by atoms with E-state index in [4.69, 9.17) is 17.3 Å². The molecule has 0 aliphatic carbocycles. The second-order valence-electron chi connectivity index (χ2n) is 3.99. The molecule has 0 heterocycles. The maximum atomic E-state index is 12.1. The van der Waals surface area contributed by atoms with Gasteiger partial charge in [0.15, 0.2) is 0 Å². The van der Waals surface area contributed by atoms with Crippen molar-refractivity contribution in [3.05, 3.63) is 63.1 Å². The number of hydrogen-bond donors (Lipinski definition) is 2. The van der Waals surface area contributed by atoms with Gasteiger partial charge in [-0.15, -0.1) is 0 Å². The average molecular weight is 354 g/mol. The van der Waals surface area contributed by atoms with E-state index >= 15 is 0 Å². The number of benzene rings is 2. The van der Waals surface area contributed by atoms with Crippen LogP contribution < -0.4 is 11.1 Å². The smallest absolute Gasteiger partial charge is 0.255 e. The van der Waals surface area contributed by atoms with Crippen LogP contribution in [-0.2, 0) is 0 Å². The third kappa shape index (κ3) is 3.18. The van der Waals surface area contributed by atoms with E-state index in [1.807, 2.05) is 0 Å². The van der Waals surface area contributed by atoms with Crippen LogP contribution in [0.2, 0.25) is 5.02 Å².